The average Bonchev–Trinajstić information content (AvgIpc) is 2.33. The third kappa shape index (κ3) is 3.98. The Morgan fingerprint density at radius 1 is 1.28 bits per heavy atom. The van der Waals surface area contributed by atoms with Crippen LogP contribution < -0.4 is 16.2 Å². The van der Waals surface area contributed by atoms with Gasteiger partial charge in [0.2, 0.25) is 0 Å². The third-order valence-electron chi connectivity index (χ3n) is 3.14. The zero-order chi connectivity index (χ0) is 13.7. The fourth-order valence-corrected chi connectivity index (χ4v) is 2.07. The van der Waals surface area contributed by atoms with Crippen LogP contribution in [-0.2, 0) is 6.54 Å². The van der Waals surface area contributed by atoms with E-state index < -0.39 is 0 Å². The lowest BCUT2D eigenvalue weighted by molar-refractivity contribution is 0.304. The lowest BCUT2D eigenvalue weighted by atomic mass is 10.0. The second-order valence-corrected chi connectivity index (χ2v) is 4.94. The summed E-state index contributed by atoms with van der Waals surface area (Å²) in [5, 5.41) is 0. The van der Waals surface area contributed by atoms with Gasteiger partial charge in [-0.3, -0.25) is 0 Å². The number of rotatable bonds is 6. The minimum absolute atomic E-state index is 0.0367. The van der Waals surface area contributed by atoms with Crippen LogP contribution in [0.5, 0.6) is 5.75 Å². The summed E-state index contributed by atoms with van der Waals surface area (Å²) < 4.78 is 5.32. The summed E-state index contributed by atoms with van der Waals surface area (Å²) in [6.07, 6.45) is 0. The Bertz CT molecular complexity index is 393. The Balaban J connectivity index is 2.75. The van der Waals surface area contributed by atoms with Gasteiger partial charge in [0.25, 0.3) is 0 Å². The smallest absolute Gasteiger partial charge is 0.122 e. The van der Waals surface area contributed by atoms with Gasteiger partial charge in [-0.1, -0.05) is 6.07 Å². The van der Waals surface area contributed by atoms with Crippen LogP contribution >= 0.6 is 0 Å². The molecule has 0 amide bonds. The van der Waals surface area contributed by atoms with Crippen molar-refractivity contribution >= 4 is 0 Å². The van der Waals surface area contributed by atoms with Crippen LogP contribution in [-0.4, -0.2) is 38.2 Å². The maximum atomic E-state index is 5.85. The van der Waals surface area contributed by atoms with Gasteiger partial charge in [0.05, 0.1) is 7.11 Å². The molecule has 4 heteroatoms. The molecule has 4 N–H and O–H groups in total. The lowest BCUT2D eigenvalue weighted by Gasteiger charge is -2.22. The van der Waals surface area contributed by atoms with Crippen molar-refractivity contribution in [2.75, 3.05) is 27.2 Å². The third-order valence-corrected chi connectivity index (χ3v) is 3.14. The molecule has 18 heavy (non-hydrogen) atoms. The van der Waals surface area contributed by atoms with Gasteiger partial charge in [-0.15, -0.1) is 0 Å². The second kappa shape index (κ2) is 6.73. The van der Waals surface area contributed by atoms with E-state index >= 15 is 0 Å². The first-order valence-corrected chi connectivity index (χ1v) is 6.26. The molecule has 1 aromatic carbocycles. The molecule has 0 saturated heterocycles. The summed E-state index contributed by atoms with van der Waals surface area (Å²) in [6.45, 7) is 6.37. The quantitative estimate of drug-likeness (QED) is 0.792. The summed E-state index contributed by atoms with van der Waals surface area (Å²) in [6, 6.07) is 4.30. The van der Waals surface area contributed by atoms with Crippen molar-refractivity contribution in [3.63, 3.8) is 0 Å². The Kier molecular flexibility index (Phi) is 5.59. The van der Waals surface area contributed by atoms with Crippen LogP contribution in [0.1, 0.15) is 16.7 Å². The molecular weight excluding hydrogens is 226 g/mol. The van der Waals surface area contributed by atoms with Crippen LogP contribution in [0.25, 0.3) is 0 Å². The van der Waals surface area contributed by atoms with E-state index in [1.165, 1.54) is 11.1 Å². The summed E-state index contributed by atoms with van der Waals surface area (Å²) >= 11 is 0. The molecule has 0 spiro atoms. The number of likely N-dealkylation sites (N-methyl/N-ethyl adjacent to an activating group) is 1. The Hall–Kier alpha value is -1.10. The topological polar surface area (TPSA) is 64.5 Å². The monoisotopic (exact) mass is 251 g/mol. The van der Waals surface area contributed by atoms with Gasteiger partial charge in [-0.2, -0.15) is 0 Å². The van der Waals surface area contributed by atoms with Crippen molar-refractivity contribution < 1.29 is 4.74 Å². The predicted octanol–water partition coefficient (Wildman–Crippen LogP) is 1.03. The van der Waals surface area contributed by atoms with E-state index in [9.17, 15) is 0 Å². The summed E-state index contributed by atoms with van der Waals surface area (Å²) in [5.74, 6) is 0.942. The van der Waals surface area contributed by atoms with Crippen LogP contribution in [0.4, 0.5) is 0 Å². The molecule has 102 valence electrons. The van der Waals surface area contributed by atoms with E-state index in [1.807, 2.05) is 0 Å². The van der Waals surface area contributed by atoms with E-state index in [0.29, 0.717) is 6.54 Å². The van der Waals surface area contributed by atoms with Crippen LogP contribution in [0.3, 0.4) is 0 Å². The molecule has 0 aromatic heterocycles. The number of hydrogen-bond donors (Lipinski definition) is 2. The number of aryl methyl sites for hydroxylation is 2. The van der Waals surface area contributed by atoms with E-state index in [0.717, 1.165) is 24.4 Å². The van der Waals surface area contributed by atoms with Crippen molar-refractivity contribution in [3.05, 3.63) is 28.8 Å². The predicted molar refractivity (Wildman–Crippen MR) is 75.8 cm³/mol. The highest BCUT2D eigenvalue weighted by Gasteiger charge is 2.09. The molecule has 1 rings (SSSR count). The zero-order valence-electron chi connectivity index (χ0n) is 11.9. The number of methoxy groups -OCH3 is 1. The molecule has 0 aliphatic rings. The minimum atomic E-state index is 0.0367. The fraction of sp³-hybridized carbons (Fsp3) is 0.571. The van der Waals surface area contributed by atoms with Gasteiger partial charge in [0.15, 0.2) is 0 Å². The molecule has 1 unspecified atom stereocenters. The van der Waals surface area contributed by atoms with Crippen molar-refractivity contribution in [2.24, 2.45) is 11.5 Å². The van der Waals surface area contributed by atoms with Crippen molar-refractivity contribution in [2.45, 2.75) is 26.4 Å². The van der Waals surface area contributed by atoms with E-state index in [-0.39, 0.29) is 6.04 Å². The molecule has 0 heterocycles. The van der Waals surface area contributed by atoms with E-state index in [2.05, 4.69) is 37.9 Å². The number of benzene rings is 1. The maximum absolute atomic E-state index is 5.85. The van der Waals surface area contributed by atoms with Gasteiger partial charge in [-0.05, 0) is 43.7 Å². The van der Waals surface area contributed by atoms with Gasteiger partial charge >= 0.3 is 0 Å². The van der Waals surface area contributed by atoms with Gasteiger partial charge < -0.3 is 21.1 Å². The number of ether oxygens (including phenoxy) is 1. The molecule has 1 aromatic rings. The van der Waals surface area contributed by atoms with Crippen molar-refractivity contribution in [1.29, 1.82) is 0 Å². The first kappa shape index (κ1) is 15.0. The number of nitrogens with zero attached hydrogens (tertiary/aromatic N) is 1. The van der Waals surface area contributed by atoms with Crippen LogP contribution in [0.15, 0.2) is 12.1 Å². The maximum Gasteiger partial charge on any atom is 0.122 e. The van der Waals surface area contributed by atoms with Gasteiger partial charge in [0.1, 0.15) is 5.75 Å². The van der Waals surface area contributed by atoms with Gasteiger partial charge in [-0.25, -0.2) is 0 Å². The lowest BCUT2D eigenvalue weighted by Crippen LogP contribution is -2.40. The van der Waals surface area contributed by atoms with Crippen LogP contribution in [0.2, 0.25) is 0 Å². The summed E-state index contributed by atoms with van der Waals surface area (Å²) in [7, 11) is 3.77. The molecule has 0 bridgehead atoms. The standard InChI is InChI=1S/C14H25N3O/c1-10-6-14(18-4)11(2)5-12(10)8-17(3)9-13(16)7-15/h5-6,13H,7-9,15-16H2,1-4H3. The highest BCUT2D eigenvalue weighted by atomic mass is 16.5. The highest BCUT2D eigenvalue weighted by molar-refractivity contribution is 5.41. The van der Waals surface area contributed by atoms with E-state index in [1.54, 1.807) is 7.11 Å². The van der Waals surface area contributed by atoms with Gasteiger partial charge in [0, 0.05) is 25.7 Å². The van der Waals surface area contributed by atoms with Crippen molar-refractivity contribution in [3.8, 4) is 5.75 Å². The number of nitrogens with two attached hydrogens (primary N) is 2. The largest absolute Gasteiger partial charge is 0.496 e. The SMILES string of the molecule is COc1cc(C)c(CN(C)CC(N)CN)cc1C. The molecule has 0 aliphatic carbocycles. The minimum Gasteiger partial charge on any atom is -0.496 e. The molecule has 0 aliphatic heterocycles. The fourth-order valence-electron chi connectivity index (χ4n) is 2.07. The summed E-state index contributed by atoms with van der Waals surface area (Å²) in [4.78, 5) is 2.20. The Morgan fingerprint density at radius 3 is 2.50 bits per heavy atom. The second-order valence-electron chi connectivity index (χ2n) is 4.94. The first-order valence-electron chi connectivity index (χ1n) is 6.26. The molecule has 0 radical (unpaired) electrons. The molecule has 0 saturated carbocycles. The average molecular weight is 251 g/mol. The normalized spacial score (nSPS) is 12.8. The first-order chi connectivity index (χ1) is 8.47. The van der Waals surface area contributed by atoms with Crippen LogP contribution in [0, 0.1) is 13.8 Å². The zero-order valence-corrected chi connectivity index (χ0v) is 11.9. The molecule has 0 fully saturated rings. The Morgan fingerprint density at radius 2 is 1.94 bits per heavy atom. The molecule has 1 atom stereocenters. The molecule has 4 nitrogen and oxygen atoms in total. The summed E-state index contributed by atoms with van der Waals surface area (Å²) in [5.41, 5.74) is 15.1. The van der Waals surface area contributed by atoms with E-state index in [4.69, 9.17) is 16.2 Å². The number of hydrogen-bond acceptors (Lipinski definition) is 4. The highest BCUT2D eigenvalue weighted by Crippen LogP contribution is 2.23. The molecular formula is C14H25N3O. The Labute approximate surface area is 110 Å². The van der Waals surface area contributed by atoms with Crippen molar-refractivity contribution in [1.82, 2.24) is 4.90 Å².